The number of hydrogen-bond donors (Lipinski definition) is 2. The van der Waals surface area contributed by atoms with Crippen LogP contribution in [-0.4, -0.2) is 23.1 Å². The second-order valence-corrected chi connectivity index (χ2v) is 4.80. The molecule has 1 aliphatic heterocycles. The summed E-state index contributed by atoms with van der Waals surface area (Å²) in [6.07, 6.45) is 5.74. The molecule has 0 amide bonds. The number of ether oxygens (including phenoxy) is 1. The van der Waals surface area contributed by atoms with Gasteiger partial charge in [-0.1, -0.05) is 25.1 Å². The standard InChI is InChI=1S/C15H19N3O/c1-2-7-16-13(15-17-8-9-18-15)12-5-3-4-11-6-10-19-14(11)12/h3-5,8-9,13,16H,2,6-7,10H2,1H3,(H,17,18). The van der Waals surface area contributed by atoms with Gasteiger partial charge in [0.25, 0.3) is 0 Å². The van der Waals surface area contributed by atoms with E-state index in [9.17, 15) is 0 Å². The van der Waals surface area contributed by atoms with Crippen LogP contribution in [0.5, 0.6) is 5.75 Å². The molecule has 3 rings (SSSR count). The third-order valence-electron chi connectivity index (χ3n) is 3.45. The maximum atomic E-state index is 5.81. The lowest BCUT2D eigenvalue weighted by Crippen LogP contribution is -2.24. The van der Waals surface area contributed by atoms with Crippen molar-refractivity contribution in [2.45, 2.75) is 25.8 Å². The summed E-state index contributed by atoms with van der Waals surface area (Å²) in [4.78, 5) is 7.60. The first-order valence-electron chi connectivity index (χ1n) is 6.87. The van der Waals surface area contributed by atoms with E-state index in [-0.39, 0.29) is 6.04 Å². The Morgan fingerprint density at radius 2 is 2.42 bits per heavy atom. The summed E-state index contributed by atoms with van der Waals surface area (Å²) >= 11 is 0. The smallest absolute Gasteiger partial charge is 0.127 e. The van der Waals surface area contributed by atoms with E-state index in [4.69, 9.17) is 4.74 Å². The van der Waals surface area contributed by atoms with Crippen LogP contribution < -0.4 is 10.1 Å². The summed E-state index contributed by atoms with van der Waals surface area (Å²) in [7, 11) is 0. The largest absolute Gasteiger partial charge is 0.493 e. The van der Waals surface area contributed by atoms with Crippen molar-refractivity contribution < 1.29 is 4.74 Å². The van der Waals surface area contributed by atoms with Gasteiger partial charge in [-0.15, -0.1) is 0 Å². The molecule has 2 heterocycles. The number of hydrogen-bond acceptors (Lipinski definition) is 3. The summed E-state index contributed by atoms with van der Waals surface area (Å²) in [5, 5.41) is 3.54. The molecule has 1 unspecified atom stereocenters. The van der Waals surface area contributed by atoms with Gasteiger partial charge in [0.05, 0.1) is 12.6 Å². The van der Waals surface area contributed by atoms with E-state index in [2.05, 4.69) is 40.4 Å². The maximum Gasteiger partial charge on any atom is 0.127 e. The highest BCUT2D eigenvalue weighted by Gasteiger charge is 2.24. The molecule has 4 heteroatoms. The van der Waals surface area contributed by atoms with E-state index in [1.165, 1.54) is 11.1 Å². The number of nitrogens with zero attached hydrogens (tertiary/aromatic N) is 1. The molecular weight excluding hydrogens is 238 g/mol. The Morgan fingerprint density at radius 1 is 1.47 bits per heavy atom. The Bertz CT molecular complexity index is 536. The molecule has 0 bridgehead atoms. The highest BCUT2D eigenvalue weighted by Crippen LogP contribution is 2.35. The van der Waals surface area contributed by atoms with Crippen molar-refractivity contribution in [3.63, 3.8) is 0 Å². The minimum Gasteiger partial charge on any atom is -0.493 e. The van der Waals surface area contributed by atoms with Gasteiger partial charge in [-0.25, -0.2) is 4.98 Å². The summed E-state index contributed by atoms with van der Waals surface area (Å²) in [6, 6.07) is 6.44. The van der Waals surface area contributed by atoms with Crippen LogP contribution in [0, 0.1) is 0 Å². The molecule has 0 radical (unpaired) electrons. The van der Waals surface area contributed by atoms with E-state index in [1.54, 1.807) is 6.20 Å². The molecule has 0 saturated carbocycles. The van der Waals surface area contributed by atoms with Crippen molar-refractivity contribution >= 4 is 0 Å². The molecule has 4 nitrogen and oxygen atoms in total. The van der Waals surface area contributed by atoms with Gasteiger partial charge in [0, 0.05) is 24.4 Å². The molecule has 19 heavy (non-hydrogen) atoms. The second-order valence-electron chi connectivity index (χ2n) is 4.80. The van der Waals surface area contributed by atoms with Crippen LogP contribution >= 0.6 is 0 Å². The number of aromatic nitrogens is 2. The molecule has 1 aromatic heterocycles. The van der Waals surface area contributed by atoms with Crippen LogP contribution in [0.25, 0.3) is 0 Å². The molecule has 0 saturated heterocycles. The zero-order valence-corrected chi connectivity index (χ0v) is 11.1. The van der Waals surface area contributed by atoms with Crippen LogP contribution in [-0.2, 0) is 6.42 Å². The van der Waals surface area contributed by atoms with Gasteiger partial charge in [0.15, 0.2) is 0 Å². The third-order valence-corrected chi connectivity index (χ3v) is 3.45. The topological polar surface area (TPSA) is 49.9 Å². The van der Waals surface area contributed by atoms with Crippen LogP contribution in [0.3, 0.4) is 0 Å². The number of fused-ring (bicyclic) bond motifs is 1. The first kappa shape index (κ1) is 12.2. The second kappa shape index (κ2) is 5.45. The zero-order valence-electron chi connectivity index (χ0n) is 11.1. The van der Waals surface area contributed by atoms with Crippen LogP contribution in [0.1, 0.15) is 36.3 Å². The van der Waals surface area contributed by atoms with Gasteiger partial charge in [0.1, 0.15) is 11.6 Å². The van der Waals surface area contributed by atoms with Gasteiger partial charge in [-0.2, -0.15) is 0 Å². The monoisotopic (exact) mass is 257 g/mol. The minimum absolute atomic E-state index is 0.0722. The van der Waals surface area contributed by atoms with E-state index < -0.39 is 0 Å². The number of imidazole rings is 1. The summed E-state index contributed by atoms with van der Waals surface area (Å²) in [5.41, 5.74) is 2.48. The van der Waals surface area contributed by atoms with Crippen LogP contribution in [0.4, 0.5) is 0 Å². The third kappa shape index (κ3) is 2.36. The van der Waals surface area contributed by atoms with Crippen LogP contribution in [0.15, 0.2) is 30.6 Å². The van der Waals surface area contributed by atoms with Gasteiger partial charge >= 0.3 is 0 Å². The number of H-pyrrole nitrogens is 1. The Morgan fingerprint density at radius 3 is 3.21 bits per heavy atom. The molecule has 1 aromatic carbocycles. The van der Waals surface area contributed by atoms with Crippen molar-refractivity contribution in [1.82, 2.24) is 15.3 Å². The van der Waals surface area contributed by atoms with Crippen molar-refractivity contribution in [3.05, 3.63) is 47.5 Å². The van der Waals surface area contributed by atoms with E-state index >= 15 is 0 Å². The zero-order chi connectivity index (χ0) is 13.1. The Hall–Kier alpha value is -1.81. The van der Waals surface area contributed by atoms with Crippen molar-refractivity contribution in [3.8, 4) is 5.75 Å². The summed E-state index contributed by atoms with van der Waals surface area (Å²) < 4.78 is 5.81. The first-order chi connectivity index (χ1) is 9.40. The lowest BCUT2D eigenvalue weighted by molar-refractivity contribution is 0.350. The van der Waals surface area contributed by atoms with E-state index in [0.29, 0.717) is 0 Å². The molecule has 1 aliphatic rings. The fourth-order valence-electron chi connectivity index (χ4n) is 2.55. The van der Waals surface area contributed by atoms with E-state index in [0.717, 1.165) is 37.6 Å². The van der Waals surface area contributed by atoms with E-state index in [1.807, 2.05) is 6.20 Å². The Kier molecular flexibility index (Phi) is 3.51. The highest BCUT2D eigenvalue weighted by atomic mass is 16.5. The van der Waals surface area contributed by atoms with Crippen molar-refractivity contribution in [2.75, 3.05) is 13.2 Å². The fraction of sp³-hybridized carbons (Fsp3) is 0.400. The highest BCUT2D eigenvalue weighted by molar-refractivity contribution is 5.47. The normalized spacial score (nSPS) is 15.0. The minimum atomic E-state index is 0.0722. The first-order valence-corrected chi connectivity index (χ1v) is 6.87. The number of rotatable bonds is 5. The molecule has 2 aromatic rings. The SMILES string of the molecule is CCCNC(c1ncc[nH]1)c1cccc2c1OCC2. The fourth-order valence-corrected chi connectivity index (χ4v) is 2.55. The number of aromatic amines is 1. The number of nitrogens with one attached hydrogen (secondary N) is 2. The average molecular weight is 257 g/mol. The van der Waals surface area contributed by atoms with Crippen LogP contribution in [0.2, 0.25) is 0 Å². The molecule has 1 atom stereocenters. The summed E-state index contributed by atoms with van der Waals surface area (Å²) in [6.45, 7) is 3.90. The van der Waals surface area contributed by atoms with Crippen molar-refractivity contribution in [1.29, 1.82) is 0 Å². The molecule has 0 aliphatic carbocycles. The quantitative estimate of drug-likeness (QED) is 0.865. The van der Waals surface area contributed by atoms with Gasteiger partial charge in [0.2, 0.25) is 0 Å². The molecule has 2 N–H and O–H groups in total. The Labute approximate surface area is 113 Å². The summed E-state index contributed by atoms with van der Waals surface area (Å²) in [5.74, 6) is 1.98. The Balaban J connectivity index is 1.98. The molecule has 0 spiro atoms. The van der Waals surface area contributed by atoms with Crippen molar-refractivity contribution in [2.24, 2.45) is 0 Å². The number of benzene rings is 1. The number of para-hydroxylation sites is 1. The van der Waals surface area contributed by atoms with Gasteiger partial charge in [-0.05, 0) is 18.5 Å². The predicted molar refractivity (Wildman–Crippen MR) is 74.4 cm³/mol. The van der Waals surface area contributed by atoms with Gasteiger partial charge < -0.3 is 15.0 Å². The predicted octanol–water partition coefficient (Wildman–Crippen LogP) is 2.43. The lowest BCUT2D eigenvalue weighted by Gasteiger charge is -2.19. The molecular formula is C15H19N3O. The molecule has 100 valence electrons. The average Bonchev–Trinajstić information content (AvgIpc) is 3.10. The molecule has 0 fully saturated rings. The van der Waals surface area contributed by atoms with Gasteiger partial charge in [-0.3, -0.25) is 0 Å². The lowest BCUT2D eigenvalue weighted by atomic mass is 10.0. The maximum absolute atomic E-state index is 5.81.